The second-order valence-electron chi connectivity index (χ2n) is 6.57. The van der Waals surface area contributed by atoms with Crippen LogP contribution < -0.4 is 0 Å². The van der Waals surface area contributed by atoms with Gasteiger partial charge in [0.25, 0.3) is 0 Å². The standard InChI is InChI=1S/C18H24N2O/c1-13-12-20(3)17(21)18(13)11-7-10-16(18)19-14(2)15-8-5-4-6-9-15/h4-6,8-9,13-14H,7,10-12H2,1-3H3/t13-,14+,18+/m0/s1. The van der Waals surface area contributed by atoms with E-state index in [1.807, 2.05) is 30.1 Å². The Morgan fingerprint density at radius 2 is 2.05 bits per heavy atom. The summed E-state index contributed by atoms with van der Waals surface area (Å²) in [6.07, 6.45) is 3.03. The summed E-state index contributed by atoms with van der Waals surface area (Å²) in [6, 6.07) is 10.5. The van der Waals surface area contributed by atoms with Gasteiger partial charge >= 0.3 is 0 Å². The maximum atomic E-state index is 12.7. The average molecular weight is 284 g/mol. The van der Waals surface area contributed by atoms with Gasteiger partial charge < -0.3 is 4.90 Å². The van der Waals surface area contributed by atoms with Crippen LogP contribution in [0.4, 0.5) is 0 Å². The summed E-state index contributed by atoms with van der Waals surface area (Å²) in [6.45, 7) is 5.19. The lowest BCUT2D eigenvalue weighted by molar-refractivity contribution is -0.132. The van der Waals surface area contributed by atoms with E-state index in [2.05, 4.69) is 26.0 Å². The normalized spacial score (nSPS) is 32.3. The van der Waals surface area contributed by atoms with E-state index in [9.17, 15) is 4.79 Å². The monoisotopic (exact) mass is 284 g/mol. The molecule has 3 atom stereocenters. The van der Waals surface area contributed by atoms with Gasteiger partial charge in [0, 0.05) is 19.3 Å². The Kier molecular flexibility index (Phi) is 3.60. The Morgan fingerprint density at radius 1 is 1.33 bits per heavy atom. The van der Waals surface area contributed by atoms with Crippen LogP contribution >= 0.6 is 0 Å². The molecule has 2 fully saturated rings. The zero-order chi connectivity index (χ0) is 15.0. The summed E-state index contributed by atoms with van der Waals surface area (Å²) in [5.41, 5.74) is 2.05. The number of hydrogen-bond acceptors (Lipinski definition) is 2. The predicted molar refractivity (Wildman–Crippen MR) is 85.4 cm³/mol. The molecule has 1 spiro atoms. The first-order valence-electron chi connectivity index (χ1n) is 7.93. The molecule has 0 bridgehead atoms. The first-order chi connectivity index (χ1) is 10.1. The molecule has 0 aromatic heterocycles. The van der Waals surface area contributed by atoms with E-state index in [1.54, 1.807) is 0 Å². The second-order valence-corrected chi connectivity index (χ2v) is 6.57. The van der Waals surface area contributed by atoms with Gasteiger partial charge in [-0.3, -0.25) is 9.79 Å². The minimum absolute atomic E-state index is 0.127. The van der Waals surface area contributed by atoms with E-state index in [0.29, 0.717) is 5.92 Å². The first-order valence-corrected chi connectivity index (χ1v) is 7.93. The number of carbonyl (C=O) groups excluding carboxylic acids is 1. The van der Waals surface area contributed by atoms with Crippen molar-refractivity contribution in [2.75, 3.05) is 13.6 Å². The Balaban J connectivity index is 1.94. The van der Waals surface area contributed by atoms with Crippen LogP contribution in [-0.2, 0) is 4.79 Å². The number of amides is 1. The fourth-order valence-corrected chi connectivity index (χ4v) is 4.08. The van der Waals surface area contributed by atoms with Gasteiger partial charge in [0.1, 0.15) is 0 Å². The van der Waals surface area contributed by atoms with E-state index in [0.717, 1.165) is 31.5 Å². The smallest absolute Gasteiger partial charge is 0.234 e. The second kappa shape index (κ2) is 5.28. The lowest BCUT2D eigenvalue weighted by Gasteiger charge is -2.27. The van der Waals surface area contributed by atoms with Crippen molar-refractivity contribution in [3.63, 3.8) is 0 Å². The lowest BCUT2D eigenvalue weighted by Crippen LogP contribution is -2.38. The van der Waals surface area contributed by atoms with Crippen molar-refractivity contribution in [1.82, 2.24) is 4.90 Å². The molecule has 21 heavy (non-hydrogen) atoms. The number of nitrogens with zero attached hydrogens (tertiary/aromatic N) is 2. The van der Waals surface area contributed by atoms with E-state index in [1.165, 1.54) is 5.56 Å². The van der Waals surface area contributed by atoms with Gasteiger partial charge in [-0.1, -0.05) is 37.3 Å². The molecule has 1 heterocycles. The zero-order valence-corrected chi connectivity index (χ0v) is 13.2. The molecule has 0 unspecified atom stereocenters. The average Bonchev–Trinajstić information content (AvgIpc) is 2.99. The van der Waals surface area contributed by atoms with Crippen molar-refractivity contribution >= 4 is 11.6 Å². The van der Waals surface area contributed by atoms with Gasteiger partial charge in [-0.25, -0.2) is 0 Å². The quantitative estimate of drug-likeness (QED) is 0.818. The molecule has 1 aromatic rings. The van der Waals surface area contributed by atoms with Crippen LogP contribution in [0.3, 0.4) is 0 Å². The maximum Gasteiger partial charge on any atom is 0.234 e. The third-order valence-corrected chi connectivity index (χ3v) is 5.25. The van der Waals surface area contributed by atoms with Crippen LogP contribution in [0.2, 0.25) is 0 Å². The molecule has 1 aromatic carbocycles. The number of likely N-dealkylation sites (tertiary alicyclic amines) is 1. The summed E-state index contributed by atoms with van der Waals surface area (Å²) in [7, 11) is 1.92. The van der Waals surface area contributed by atoms with Crippen molar-refractivity contribution in [2.45, 2.75) is 39.2 Å². The van der Waals surface area contributed by atoms with E-state index >= 15 is 0 Å². The molecule has 0 radical (unpaired) electrons. The highest BCUT2D eigenvalue weighted by Gasteiger charge is 2.56. The third kappa shape index (κ3) is 2.19. The van der Waals surface area contributed by atoms with E-state index in [-0.39, 0.29) is 17.4 Å². The molecule has 1 saturated carbocycles. The summed E-state index contributed by atoms with van der Waals surface area (Å²) in [4.78, 5) is 19.6. The summed E-state index contributed by atoms with van der Waals surface area (Å²) in [5.74, 6) is 0.658. The molecular weight excluding hydrogens is 260 g/mol. The number of benzene rings is 1. The van der Waals surface area contributed by atoms with Crippen LogP contribution in [-0.4, -0.2) is 30.1 Å². The molecule has 1 aliphatic carbocycles. The summed E-state index contributed by atoms with van der Waals surface area (Å²) in [5, 5.41) is 0. The largest absolute Gasteiger partial charge is 0.345 e. The molecule has 1 amide bonds. The fourth-order valence-electron chi connectivity index (χ4n) is 4.08. The number of hydrogen-bond donors (Lipinski definition) is 0. The number of aliphatic imine (C=N–C) groups is 1. The summed E-state index contributed by atoms with van der Waals surface area (Å²) < 4.78 is 0. The zero-order valence-electron chi connectivity index (χ0n) is 13.2. The van der Waals surface area contributed by atoms with Gasteiger partial charge in [-0.15, -0.1) is 0 Å². The van der Waals surface area contributed by atoms with Gasteiger partial charge in [0.2, 0.25) is 5.91 Å². The van der Waals surface area contributed by atoms with Gasteiger partial charge in [-0.2, -0.15) is 0 Å². The van der Waals surface area contributed by atoms with Crippen molar-refractivity contribution in [1.29, 1.82) is 0 Å². The topological polar surface area (TPSA) is 32.7 Å². The Morgan fingerprint density at radius 3 is 2.67 bits per heavy atom. The fraction of sp³-hybridized carbons (Fsp3) is 0.556. The van der Waals surface area contributed by atoms with Gasteiger partial charge in [0.15, 0.2) is 0 Å². The Labute approximate surface area is 127 Å². The highest BCUT2D eigenvalue weighted by atomic mass is 16.2. The minimum Gasteiger partial charge on any atom is -0.345 e. The third-order valence-electron chi connectivity index (χ3n) is 5.25. The maximum absolute atomic E-state index is 12.7. The van der Waals surface area contributed by atoms with Gasteiger partial charge in [-0.05, 0) is 37.7 Å². The first kappa shape index (κ1) is 14.3. The van der Waals surface area contributed by atoms with Crippen molar-refractivity contribution in [3.8, 4) is 0 Å². The van der Waals surface area contributed by atoms with Crippen LogP contribution in [0.5, 0.6) is 0 Å². The highest BCUT2D eigenvalue weighted by Crippen LogP contribution is 2.48. The molecule has 3 nitrogen and oxygen atoms in total. The molecule has 0 N–H and O–H groups in total. The SMILES string of the molecule is C[C@@H](N=C1CCC[C@]12C(=O)N(C)C[C@@H]2C)c1ccccc1. The predicted octanol–water partition coefficient (Wildman–Crippen LogP) is 3.47. The van der Waals surface area contributed by atoms with E-state index < -0.39 is 0 Å². The molecule has 2 aliphatic rings. The van der Waals surface area contributed by atoms with Crippen molar-refractivity contribution < 1.29 is 4.79 Å². The van der Waals surface area contributed by atoms with Crippen LogP contribution in [0.1, 0.15) is 44.7 Å². The minimum atomic E-state index is -0.308. The number of carbonyl (C=O) groups is 1. The Bertz CT molecular complexity index is 566. The van der Waals surface area contributed by atoms with E-state index in [4.69, 9.17) is 4.99 Å². The van der Waals surface area contributed by atoms with Crippen molar-refractivity contribution in [3.05, 3.63) is 35.9 Å². The molecular formula is C18H24N2O. The molecule has 1 saturated heterocycles. The molecule has 1 aliphatic heterocycles. The van der Waals surface area contributed by atoms with Crippen LogP contribution in [0.15, 0.2) is 35.3 Å². The molecule has 3 heteroatoms. The van der Waals surface area contributed by atoms with Crippen molar-refractivity contribution in [2.24, 2.45) is 16.3 Å². The molecule has 112 valence electrons. The van der Waals surface area contributed by atoms with Gasteiger partial charge in [0.05, 0.1) is 11.5 Å². The lowest BCUT2D eigenvalue weighted by atomic mass is 9.75. The molecule has 3 rings (SSSR count). The summed E-state index contributed by atoms with van der Waals surface area (Å²) >= 11 is 0. The van der Waals surface area contributed by atoms with Crippen LogP contribution in [0, 0.1) is 11.3 Å². The van der Waals surface area contributed by atoms with Crippen LogP contribution in [0.25, 0.3) is 0 Å². The number of rotatable bonds is 2. The highest BCUT2D eigenvalue weighted by molar-refractivity contribution is 6.11. The Hall–Kier alpha value is -1.64.